The van der Waals surface area contributed by atoms with Gasteiger partial charge >= 0.3 is 6.09 Å². The van der Waals surface area contributed by atoms with E-state index in [1.54, 1.807) is 22.7 Å². The average Bonchev–Trinajstić information content (AvgIpc) is 3.18. The monoisotopic (exact) mass is 453 g/mol. The zero-order valence-corrected chi connectivity index (χ0v) is 19.9. The van der Waals surface area contributed by atoms with Crippen molar-refractivity contribution in [3.63, 3.8) is 0 Å². The van der Waals surface area contributed by atoms with Crippen molar-refractivity contribution in [3.05, 3.63) is 35.8 Å². The van der Waals surface area contributed by atoms with Crippen molar-refractivity contribution < 1.29 is 19.0 Å². The van der Waals surface area contributed by atoms with E-state index in [1.807, 2.05) is 39.0 Å². The molecule has 33 heavy (non-hydrogen) atoms. The quantitative estimate of drug-likeness (QED) is 0.556. The summed E-state index contributed by atoms with van der Waals surface area (Å²) in [4.78, 5) is 23.0. The molecule has 1 aliphatic rings. The molecule has 1 fully saturated rings. The van der Waals surface area contributed by atoms with E-state index < -0.39 is 0 Å². The number of fused-ring (bicyclic) bond motifs is 1. The Morgan fingerprint density at radius 1 is 1.21 bits per heavy atom. The largest absolute Gasteiger partial charge is 0.481 e. The molecule has 0 aliphatic carbocycles. The second-order valence-corrected chi connectivity index (χ2v) is 8.42. The highest BCUT2D eigenvalue weighted by Gasteiger charge is 2.27. The number of likely N-dealkylation sites (tertiary alicyclic amines) is 1. The first-order valence-corrected chi connectivity index (χ1v) is 11.4. The number of nitrogens with zero attached hydrogens (tertiary/aromatic N) is 5. The second-order valence-electron chi connectivity index (χ2n) is 8.42. The molecule has 0 saturated carbocycles. The molecule has 0 N–H and O–H groups in total. The van der Waals surface area contributed by atoms with Crippen LogP contribution in [0, 0.1) is 6.92 Å². The Balaban J connectivity index is 1.58. The molecule has 0 radical (unpaired) electrons. The molecule has 1 aliphatic heterocycles. The van der Waals surface area contributed by atoms with Gasteiger partial charge in [0.25, 0.3) is 0 Å². The topological polar surface area (TPSA) is 91.1 Å². The predicted octanol–water partition coefficient (Wildman–Crippen LogP) is 4.06. The van der Waals surface area contributed by atoms with Gasteiger partial charge in [-0.1, -0.05) is 6.92 Å². The van der Waals surface area contributed by atoms with Gasteiger partial charge in [0.1, 0.15) is 6.10 Å². The minimum atomic E-state index is -0.262. The van der Waals surface area contributed by atoms with Crippen molar-refractivity contribution in [2.45, 2.75) is 59.2 Å². The third-order valence-electron chi connectivity index (χ3n) is 5.75. The van der Waals surface area contributed by atoms with Gasteiger partial charge in [0, 0.05) is 55.5 Å². The number of carbonyl (C=O) groups excluding carboxylic acids is 1. The maximum atomic E-state index is 12.2. The summed E-state index contributed by atoms with van der Waals surface area (Å²) in [6.45, 7) is 8.95. The van der Waals surface area contributed by atoms with Gasteiger partial charge in [-0.15, -0.1) is 0 Å². The van der Waals surface area contributed by atoms with E-state index in [9.17, 15) is 4.79 Å². The maximum Gasteiger partial charge on any atom is 0.410 e. The molecule has 0 atom stereocenters. The Morgan fingerprint density at radius 2 is 1.97 bits per heavy atom. The van der Waals surface area contributed by atoms with E-state index in [-0.39, 0.29) is 18.3 Å². The van der Waals surface area contributed by atoms with Crippen LogP contribution in [0.5, 0.6) is 11.8 Å². The number of hydrogen-bond acceptors (Lipinski definition) is 7. The smallest absolute Gasteiger partial charge is 0.410 e. The summed E-state index contributed by atoms with van der Waals surface area (Å²) in [6.07, 6.45) is 3.56. The Labute approximate surface area is 193 Å². The van der Waals surface area contributed by atoms with E-state index in [4.69, 9.17) is 19.3 Å². The van der Waals surface area contributed by atoms with Crippen LogP contribution < -0.4 is 9.47 Å². The number of carbonyl (C=O) groups is 1. The number of amides is 1. The highest BCUT2D eigenvalue weighted by molar-refractivity contribution is 5.81. The van der Waals surface area contributed by atoms with Gasteiger partial charge in [-0.2, -0.15) is 9.61 Å². The van der Waals surface area contributed by atoms with Crippen molar-refractivity contribution in [1.82, 2.24) is 24.5 Å². The molecule has 3 aromatic rings. The van der Waals surface area contributed by atoms with Crippen molar-refractivity contribution in [3.8, 4) is 22.9 Å². The van der Waals surface area contributed by atoms with Crippen LogP contribution in [0.25, 0.3) is 16.8 Å². The van der Waals surface area contributed by atoms with Crippen molar-refractivity contribution >= 4 is 11.7 Å². The lowest BCUT2D eigenvalue weighted by molar-refractivity contribution is 0.0502. The number of pyridine rings is 1. The SMILES string of the molecule is CCc1nn2c(OC3CCN(C(=O)OC(C)C)CC3)ccnc2c1-c1ccc(OC)nc1C. The number of aryl methyl sites for hydroxylation is 2. The Bertz CT molecular complexity index is 1140. The van der Waals surface area contributed by atoms with Crippen LogP contribution in [-0.2, 0) is 11.2 Å². The molecule has 4 heterocycles. The van der Waals surface area contributed by atoms with E-state index in [2.05, 4.69) is 16.9 Å². The molecule has 9 heteroatoms. The maximum absolute atomic E-state index is 12.2. The van der Waals surface area contributed by atoms with Crippen LogP contribution in [0.1, 0.15) is 45.0 Å². The molecule has 3 aromatic heterocycles. The number of rotatable bonds is 6. The first-order valence-electron chi connectivity index (χ1n) is 11.4. The third-order valence-corrected chi connectivity index (χ3v) is 5.75. The van der Waals surface area contributed by atoms with Crippen molar-refractivity contribution in [1.29, 1.82) is 0 Å². The number of ether oxygens (including phenoxy) is 3. The summed E-state index contributed by atoms with van der Waals surface area (Å²) < 4.78 is 18.7. The van der Waals surface area contributed by atoms with Gasteiger partial charge in [-0.25, -0.2) is 14.8 Å². The minimum Gasteiger partial charge on any atom is -0.481 e. The molecule has 1 saturated heterocycles. The zero-order chi connectivity index (χ0) is 23.5. The molecular formula is C24H31N5O4. The summed E-state index contributed by atoms with van der Waals surface area (Å²) in [6, 6.07) is 5.68. The third kappa shape index (κ3) is 4.72. The van der Waals surface area contributed by atoms with Crippen molar-refractivity contribution in [2.24, 2.45) is 0 Å². The summed E-state index contributed by atoms with van der Waals surface area (Å²) in [7, 11) is 1.61. The molecule has 176 valence electrons. The van der Waals surface area contributed by atoms with Gasteiger partial charge in [0.15, 0.2) is 5.65 Å². The fourth-order valence-electron chi connectivity index (χ4n) is 4.10. The number of piperidine rings is 1. The molecular weight excluding hydrogens is 422 g/mol. The highest BCUT2D eigenvalue weighted by atomic mass is 16.6. The predicted molar refractivity (Wildman–Crippen MR) is 124 cm³/mol. The van der Waals surface area contributed by atoms with Gasteiger partial charge < -0.3 is 19.1 Å². The Kier molecular flexibility index (Phi) is 6.67. The van der Waals surface area contributed by atoms with E-state index in [0.717, 1.165) is 47.4 Å². The summed E-state index contributed by atoms with van der Waals surface area (Å²) in [5.74, 6) is 1.22. The van der Waals surface area contributed by atoms with Gasteiger partial charge in [-0.05, 0) is 33.3 Å². The summed E-state index contributed by atoms with van der Waals surface area (Å²) in [5, 5.41) is 4.82. The molecule has 0 unspecified atom stereocenters. The Morgan fingerprint density at radius 3 is 2.61 bits per heavy atom. The Hall–Kier alpha value is -3.36. The van der Waals surface area contributed by atoms with E-state index >= 15 is 0 Å². The van der Waals surface area contributed by atoms with E-state index in [1.165, 1.54) is 0 Å². The standard InChI is InChI=1S/C24H31N5O4/c1-6-19-22(18-7-8-20(31-5)26-16(18)4)23-25-12-9-21(29(23)27-19)33-17-10-13-28(14-11-17)24(30)32-15(2)3/h7-9,12,15,17H,6,10-11,13-14H2,1-5H3. The summed E-state index contributed by atoms with van der Waals surface area (Å²) in [5.41, 5.74) is 4.45. The molecule has 1 amide bonds. The van der Waals surface area contributed by atoms with Gasteiger partial charge in [0.2, 0.25) is 11.8 Å². The first-order chi connectivity index (χ1) is 15.9. The van der Waals surface area contributed by atoms with Crippen LogP contribution in [0.15, 0.2) is 24.4 Å². The molecule has 0 bridgehead atoms. The van der Waals surface area contributed by atoms with Crippen LogP contribution in [0.3, 0.4) is 0 Å². The average molecular weight is 454 g/mol. The first kappa shape index (κ1) is 22.8. The lowest BCUT2D eigenvalue weighted by Crippen LogP contribution is -2.42. The number of aromatic nitrogens is 4. The van der Waals surface area contributed by atoms with Gasteiger partial charge in [-0.3, -0.25) is 0 Å². The molecule has 0 spiro atoms. The minimum absolute atomic E-state index is 0.0131. The summed E-state index contributed by atoms with van der Waals surface area (Å²) >= 11 is 0. The highest BCUT2D eigenvalue weighted by Crippen LogP contribution is 2.33. The number of methoxy groups -OCH3 is 1. The van der Waals surface area contributed by atoms with Crippen LogP contribution in [0.4, 0.5) is 4.79 Å². The normalized spacial score (nSPS) is 14.7. The lowest BCUT2D eigenvalue weighted by atomic mass is 10.0. The molecule has 4 rings (SSSR count). The fourth-order valence-corrected chi connectivity index (χ4v) is 4.10. The van der Waals surface area contributed by atoms with Crippen LogP contribution in [-0.4, -0.2) is 63.0 Å². The van der Waals surface area contributed by atoms with E-state index in [0.29, 0.717) is 24.8 Å². The van der Waals surface area contributed by atoms with Crippen LogP contribution in [0.2, 0.25) is 0 Å². The molecule has 9 nitrogen and oxygen atoms in total. The molecule has 0 aromatic carbocycles. The van der Waals surface area contributed by atoms with Crippen molar-refractivity contribution in [2.75, 3.05) is 20.2 Å². The second kappa shape index (κ2) is 9.64. The lowest BCUT2D eigenvalue weighted by Gasteiger charge is -2.31. The zero-order valence-electron chi connectivity index (χ0n) is 19.9. The van der Waals surface area contributed by atoms with Gasteiger partial charge in [0.05, 0.1) is 24.5 Å². The number of hydrogen-bond donors (Lipinski definition) is 0. The van der Waals surface area contributed by atoms with Crippen LogP contribution >= 0.6 is 0 Å². The fraction of sp³-hybridized carbons (Fsp3) is 0.500.